The molecule has 3 nitrogen and oxygen atoms in total. The van der Waals surface area contributed by atoms with Gasteiger partial charge in [0.2, 0.25) is 5.88 Å². The van der Waals surface area contributed by atoms with E-state index in [0.717, 1.165) is 24.2 Å². The Bertz CT molecular complexity index is 354. The number of thiazole rings is 1. The number of hydrogen-bond donors (Lipinski definition) is 1. The molecule has 0 saturated carbocycles. The molecule has 1 aromatic rings. The molecule has 14 heavy (non-hydrogen) atoms. The first-order valence-corrected chi connectivity index (χ1v) is 6.20. The van der Waals surface area contributed by atoms with E-state index in [0.29, 0.717) is 0 Å². The minimum atomic E-state index is -0.114. The van der Waals surface area contributed by atoms with Crippen molar-refractivity contribution in [3.8, 4) is 5.88 Å². The van der Waals surface area contributed by atoms with Crippen molar-refractivity contribution in [1.29, 1.82) is 0 Å². The van der Waals surface area contributed by atoms with Crippen LogP contribution in [0.2, 0.25) is 0 Å². The van der Waals surface area contributed by atoms with Gasteiger partial charge in [0, 0.05) is 4.75 Å². The zero-order valence-corrected chi connectivity index (χ0v) is 10.2. The largest absolute Gasteiger partial charge is 0.493 e. The lowest BCUT2D eigenvalue weighted by atomic mass is 10.1. The molecular formula is C9H15NO2S2. The van der Waals surface area contributed by atoms with E-state index in [-0.39, 0.29) is 15.5 Å². The summed E-state index contributed by atoms with van der Waals surface area (Å²) in [6.45, 7) is 6.26. The smallest absolute Gasteiger partial charge is 0.320 e. The molecule has 0 unspecified atom stereocenters. The fourth-order valence-electron chi connectivity index (χ4n) is 1.27. The van der Waals surface area contributed by atoms with Crippen molar-refractivity contribution in [1.82, 2.24) is 3.97 Å². The number of aromatic nitrogens is 1. The zero-order valence-electron chi connectivity index (χ0n) is 8.61. The second-order valence-electron chi connectivity index (χ2n) is 3.76. The van der Waals surface area contributed by atoms with Crippen molar-refractivity contribution >= 4 is 23.3 Å². The van der Waals surface area contributed by atoms with E-state index >= 15 is 0 Å². The van der Waals surface area contributed by atoms with Crippen molar-refractivity contribution in [3.05, 3.63) is 15.0 Å². The SMILES string of the molecule is CCCC(C)(C)Sn1c(O)csc1=O. The van der Waals surface area contributed by atoms with Crippen LogP contribution >= 0.6 is 23.3 Å². The first kappa shape index (κ1) is 11.7. The van der Waals surface area contributed by atoms with Crippen LogP contribution < -0.4 is 4.87 Å². The van der Waals surface area contributed by atoms with Crippen LogP contribution in [0.3, 0.4) is 0 Å². The maximum absolute atomic E-state index is 11.3. The van der Waals surface area contributed by atoms with Gasteiger partial charge < -0.3 is 5.11 Å². The van der Waals surface area contributed by atoms with Crippen molar-refractivity contribution in [2.45, 2.75) is 38.4 Å². The van der Waals surface area contributed by atoms with Crippen molar-refractivity contribution in [2.75, 3.05) is 0 Å². The van der Waals surface area contributed by atoms with Gasteiger partial charge >= 0.3 is 4.87 Å². The van der Waals surface area contributed by atoms with Crippen LogP contribution in [-0.4, -0.2) is 13.8 Å². The van der Waals surface area contributed by atoms with Gasteiger partial charge in [-0.25, -0.2) is 3.97 Å². The first-order chi connectivity index (χ1) is 6.46. The predicted molar refractivity (Wildman–Crippen MR) is 62.2 cm³/mol. The summed E-state index contributed by atoms with van der Waals surface area (Å²) in [4.78, 5) is 11.2. The normalized spacial score (nSPS) is 11.9. The molecule has 1 aromatic heterocycles. The molecule has 1 rings (SSSR count). The minimum Gasteiger partial charge on any atom is -0.493 e. The first-order valence-electron chi connectivity index (χ1n) is 4.55. The molecule has 0 spiro atoms. The lowest BCUT2D eigenvalue weighted by Crippen LogP contribution is -2.20. The summed E-state index contributed by atoms with van der Waals surface area (Å²) in [6.07, 6.45) is 2.08. The molecule has 0 atom stereocenters. The van der Waals surface area contributed by atoms with Crippen molar-refractivity contribution < 1.29 is 5.11 Å². The topological polar surface area (TPSA) is 42.2 Å². The molecule has 0 bridgehead atoms. The van der Waals surface area contributed by atoms with E-state index in [2.05, 4.69) is 20.8 Å². The quantitative estimate of drug-likeness (QED) is 0.869. The Hall–Kier alpha value is -0.420. The highest BCUT2D eigenvalue weighted by Gasteiger charge is 2.21. The molecule has 0 aliphatic heterocycles. The Morgan fingerprint density at radius 2 is 2.29 bits per heavy atom. The molecule has 0 aliphatic carbocycles. The Balaban J connectivity index is 2.83. The van der Waals surface area contributed by atoms with Gasteiger partial charge in [0.15, 0.2) is 0 Å². The summed E-state index contributed by atoms with van der Waals surface area (Å²) in [5.74, 6) is 0.0502. The maximum Gasteiger partial charge on any atom is 0.320 e. The molecule has 1 heterocycles. The molecule has 0 saturated heterocycles. The molecule has 1 N–H and O–H groups in total. The van der Waals surface area contributed by atoms with Gasteiger partial charge in [-0.2, -0.15) is 0 Å². The van der Waals surface area contributed by atoms with E-state index in [1.807, 2.05) is 0 Å². The van der Waals surface area contributed by atoms with Gasteiger partial charge in [-0.15, -0.1) is 0 Å². The summed E-state index contributed by atoms with van der Waals surface area (Å²) in [5, 5.41) is 10.9. The highest BCUT2D eigenvalue weighted by atomic mass is 32.2. The third-order valence-electron chi connectivity index (χ3n) is 1.83. The standard InChI is InChI=1S/C9H15NO2S2/c1-4-5-9(2,3)14-10-7(11)6-13-8(10)12/h6,11H,4-5H2,1-3H3. The lowest BCUT2D eigenvalue weighted by Gasteiger charge is -2.22. The van der Waals surface area contributed by atoms with Crippen molar-refractivity contribution in [3.63, 3.8) is 0 Å². The highest BCUT2D eigenvalue weighted by Crippen LogP contribution is 2.32. The average molecular weight is 233 g/mol. The Morgan fingerprint density at radius 1 is 1.64 bits per heavy atom. The zero-order chi connectivity index (χ0) is 10.8. The molecule has 0 aromatic carbocycles. The fraction of sp³-hybridized carbons (Fsp3) is 0.667. The molecule has 0 fully saturated rings. The van der Waals surface area contributed by atoms with E-state index in [1.54, 1.807) is 0 Å². The Labute approximate surface area is 91.9 Å². The van der Waals surface area contributed by atoms with Crippen LogP contribution in [0.4, 0.5) is 0 Å². The van der Waals surface area contributed by atoms with Gasteiger partial charge in [-0.1, -0.05) is 24.7 Å². The van der Waals surface area contributed by atoms with Crippen LogP contribution in [-0.2, 0) is 0 Å². The number of nitrogens with zero attached hydrogens (tertiary/aromatic N) is 1. The van der Waals surface area contributed by atoms with Crippen LogP contribution in [0.5, 0.6) is 5.88 Å². The molecule has 0 radical (unpaired) electrons. The van der Waals surface area contributed by atoms with Gasteiger partial charge in [-0.3, -0.25) is 4.79 Å². The molecule has 0 amide bonds. The van der Waals surface area contributed by atoms with Gasteiger partial charge in [0.1, 0.15) is 0 Å². The third kappa shape index (κ3) is 2.78. The van der Waals surface area contributed by atoms with Crippen LogP contribution in [0, 0.1) is 0 Å². The van der Waals surface area contributed by atoms with Crippen LogP contribution in [0.15, 0.2) is 10.2 Å². The Kier molecular flexibility index (Phi) is 3.66. The monoisotopic (exact) mass is 233 g/mol. The highest BCUT2D eigenvalue weighted by molar-refractivity contribution is 7.99. The number of rotatable bonds is 4. The maximum atomic E-state index is 11.3. The molecule has 80 valence electrons. The van der Waals surface area contributed by atoms with E-state index in [1.165, 1.54) is 21.3 Å². The van der Waals surface area contributed by atoms with E-state index < -0.39 is 0 Å². The lowest BCUT2D eigenvalue weighted by molar-refractivity contribution is 0.449. The second kappa shape index (κ2) is 4.40. The average Bonchev–Trinajstić information content (AvgIpc) is 2.35. The predicted octanol–water partition coefficient (Wildman–Crippen LogP) is 2.69. The number of hydrogen-bond acceptors (Lipinski definition) is 4. The molecule has 0 aliphatic rings. The van der Waals surface area contributed by atoms with Gasteiger partial charge in [-0.05, 0) is 32.2 Å². The number of aromatic hydroxyl groups is 1. The summed E-state index contributed by atoms with van der Waals surface area (Å²) < 4.78 is 1.34. The fourth-order valence-corrected chi connectivity index (χ4v) is 3.09. The summed E-state index contributed by atoms with van der Waals surface area (Å²) >= 11 is 2.42. The van der Waals surface area contributed by atoms with E-state index in [4.69, 9.17) is 0 Å². The minimum absolute atomic E-state index is 0.0167. The van der Waals surface area contributed by atoms with Crippen LogP contribution in [0.25, 0.3) is 0 Å². The summed E-state index contributed by atoms with van der Waals surface area (Å²) in [7, 11) is 0. The second-order valence-corrected chi connectivity index (χ2v) is 6.23. The molecule has 5 heteroatoms. The van der Waals surface area contributed by atoms with Crippen LogP contribution in [0.1, 0.15) is 33.6 Å². The molecular weight excluding hydrogens is 218 g/mol. The van der Waals surface area contributed by atoms with Gasteiger partial charge in [0.25, 0.3) is 0 Å². The Morgan fingerprint density at radius 3 is 2.71 bits per heavy atom. The summed E-state index contributed by atoms with van der Waals surface area (Å²) in [6, 6.07) is 0. The third-order valence-corrected chi connectivity index (χ3v) is 3.89. The summed E-state index contributed by atoms with van der Waals surface area (Å²) in [5.41, 5.74) is 0. The van der Waals surface area contributed by atoms with Crippen molar-refractivity contribution in [2.24, 2.45) is 0 Å². The van der Waals surface area contributed by atoms with Gasteiger partial charge in [0.05, 0.1) is 5.38 Å². The van der Waals surface area contributed by atoms with E-state index in [9.17, 15) is 9.90 Å².